The summed E-state index contributed by atoms with van der Waals surface area (Å²) in [5.74, 6) is -0.955. The molecular formula is C13H22N2O6. The van der Waals surface area contributed by atoms with Crippen LogP contribution in [-0.2, 0) is 23.8 Å². The Kier molecular flexibility index (Phi) is 6.93. The van der Waals surface area contributed by atoms with Crippen LogP contribution in [0.3, 0.4) is 0 Å². The quantitative estimate of drug-likeness (QED) is 0.516. The summed E-state index contributed by atoms with van der Waals surface area (Å²) in [6, 6.07) is -0.688. The number of amides is 1. The van der Waals surface area contributed by atoms with Crippen molar-refractivity contribution in [3.63, 3.8) is 0 Å². The van der Waals surface area contributed by atoms with Crippen LogP contribution in [0, 0.1) is 0 Å². The van der Waals surface area contributed by atoms with E-state index in [2.05, 4.69) is 4.74 Å². The molecule has 0 radical (unpaired) electrons. The van der Waals surface area contributed by atoms with E-state index in [-0.39, 0.29) is 12.5 Å². The Balaban J connectivity index is 2.60. The molecule has 8 nitrogen and oxygen atoms in total. The fraction of sp³-hybridized carbons (Fsp3) is 0.769. The minimum atomic E-state index is -0.688. The normalized spacial score (nSPS) is 17.0. The predicted molar refractivity (Wildman–Crippen MR) is 72.6 cm³/mol. The van der Waals surface area contributed by atoms with Crippen LogP contribution in [0.25, 0.3) is 0 Å². The van der Waals surface area contributed by atoms with E-state index in [1.165, 1.54) is 14.2 Å². The number of carbonyl (C=O) groups excluding carboxylic acids is 3. The van der Waals surface area contributed by atoms with Crippen molar-refractivity contribution >= 4 is 18.0 Å². The number of nitrogens with zero attached hydrogens (tertiary/aromatic N) is 2. The molecule has 1 rings (SSSR count). The van der Waals surface area contributed by atoms with Crippen molar-refractivity contribution in [3.8, 4) is 0 Å². The van der Waals surface area contributed by atoms with Gasteiger partial charge in [-0.15, -0.1) is 0 Å². The summed E-state index contributed by atoms with van der Waals surface area (Å²) in [5.41, 5.74) is 0. The average Bonchev–Trinajstić information content (AvgIpc) is 2.52. The Hall–Kier alpha value is -1.83. The maximum atomic E-state index is 11.8. The number of hydrogen-bond donors (Lipinski definition) is 0. The second-order valence-corrected chi connectivity index (χ2v) is 4.54. The highest BCUT2D eigenvalue weighted by atomic mass is 16.6. The van der Waals surface area contributed by atoms with Gasteiger partial charge in [-0.2, -0.15) is 0 Å². The fourth-order valence-electron chi connectivity index (χ4n) is 2.17. The molecule has 1 aliphatic heterocycles. The lowest BCUT2D eigenvalue weighted by molar-refractivity contribution is -0.154. The van der Waals surface area contributed by atoms with Crippen LogP contribution in [0.1, 0.15) is 13.3 Å². The molecule has 0 N–H and O–H groups in total. The van der Waals surface area contributed by atoms with E-state index in [9.17, 15) is 14.4 Å². The van der Waals surface area contributed by atoms with E-state index in [1.54, 1.807) is 11.8 Å². The van der Waals surface area contributed by atoms with Gasteiger partial charge in [-0.1, -0.05) is 0 Å². The monoisotopic (exact) mass is 302 g/mol. The summed E-state index contributed by atoms with van der Waals surface area (Å²) in [6.07, 6.45) is -0.428. The van der Waals surface area contributed by atoms with Crippen molar-refractivity contribution in [1.82, 2.24) is 9.80 Å². The number of rotatable bonds is 5. The number of carbonyl (C=O) groups is 3. The molecule has 1 amide bonds. The van der Waals surface area contributed by atoms with Gasteiger partial charge in [0.05, 0.1) is 27.2 Å². The van der Waals surface area contributed by atoms with Crippen molar-refractivity contribution in [2.24, 2.45) is 0 Å². The van der Waals surface area contributed by atoms with E-state index in [0.717, 1.165) is 0 Å². The zero-order valence-electron chi connectivity index (χ0n) is 12.7. The standard InChI is InChI=1S/C13H22N2O6/c1-4-21-13(18)15-7-5-14(6-8-15)10(12(17)20-3)9-11(16)19-2/h10H,4-9H2,1-3H3/t10-/m0/s1. The van der Waals surface area contributed by atoms with E-state index >= 15 is 0 Å². The van der Waals surface area contributed by atoms with Gasteiger partial charge in [-0.25, -0.2) is 4.79 Å². The Morgan fingerprint density at radius 3 is 2.14 bits per heavy atom. The molecular weight excluding hydrogens is 280 g/mol. The molecule has 120 valence electrons. The van der Waals surface area contributed by atoms with Gasteiger partial charge in [0.2, 0.25) is 0 Å². The summed E-state index contributed by atoms with van der Waals surface area (Å²) < 4.78 is 14.3. The largest absolute Gasteiger partial charge is 0.469 e. The van der Waals surface area contributed by atoms with Crippen LogP contribution in [0.4, 0.5) is 4.79 Å². The third-order valence-corrected chi connectivity index (χ3v) is 3.34. The van der Waals surface area contributed by atoms with Gasteiger partial charge in [0.15, 0.2) is 0 Å². The lowest BCUT2D eigenvalue weighted by Gasteiger charge is -2.37. The highest BCUT2D eigenvalue weighted by molar-refractivity contribution is 5.82. The number of methoxy groups -OCH3 is 2. The first kappa shape index (κ1) is 17.2. The Bertz CT molecular complexity index is 379. The third-order valence-electron chi connectivity index (χ3n) is 3.34. The molecule has 0 unspecified atom stereocenters. The fourth-order valence-corrected chi connectivity index (χ4v) is 2.17. The molecule has 1 aliphatic rings. The first-order valence-electron chi connectivity index (χ1n) is 6.83. The van der Waals surface area contributed by atoms with Crippen LogP contribution in [0.15, 0.2) is 0 Å². The van der Waals surface area contributed by atoms with Gasteiger partial charge in [0, 0.05) is 26.2 Å². The minimum Gasteiger partial charge on any atom is -0.469 e. The lowest BCUT2D eigenvalue weighted by Crippen LogP contribution is -2.54. The SMILES string of the molecule is CCOC(=O)N1CCN([C@@H](CC(=O)OC)C(=O)OC)CC1. The van der Waals surface area contributed by atoms with E-state index in [0.29, 0.717) is 32.8 Å². The number of hydrogen-bond acceptors (Lipinski definition) is 7. The molecule has 0 bridgehead atoms. The van der Waals surface area contributed by atoms with Crippen molar-refractivity contribution in [2.75, 3.05) is 47.0 Å². The first-order valence-corrected chi connectivity index (χ1v) is 6.83. The molecule has 8 heteroatoms. The summed E-state index contributed by atoms with van der Waals surface area (Å²) in [7, 11) is 2.55. The van der Waals surface area contributed by atoms with Crippen LogP contribution in [-0.4, -0.2) is 80.9 Å². The van der Waals surface area contributed by atoms with Crippen LogP contribution in [0.5, 0.6) is 0 Å². The summed E-state index contributed by atoms with van der Waals surface area (Å²) >= 11 is 0. The Morgan fingerprint density at radius 1 is 1.05 bits per heavy atom. The van der Waals surface area contributed by atoms with Gasteiger partial charge >= 0.3 is 18.0 Å². The molecule has 0 aromatic rings. The molecule has 0 saturated carbocycles. The van der Waals surface area contributed by atoms with E-state index in [1.807, 2.05) is 4.90 Å². The molecule has 1 atom stereocenters. The molecule has 1 heterocycles. The van der Waals surface area contributed by atoms with Crippen molar-refractivity contribution in [1.29, 1.82) is 0 Å². The summed E-state index contributed by atoms with van der Waals surface area (Å²) in [4.78, 5) is 38.2. The highest BCUT2D eigenvalue weighted by Gasteiger charge is 2.33. The van der Waals surface area contributed by atoms with Crippen LogP contribution < -0.4 is 0 Å². The van der Waals surface area contributed by atoms with Gasteiger partial charge in [0.1, 0.15) is 6.04 Å². The lowest BCUT2D eigenvalue weighted by atomic mass is 10.1. The van der Waals surface area contributed by atoms with Crippen molar-refractivity contribution in [3.05, 3.63) is 0 Å². The van der Waals surface area contributed by atoms with Gasteiger partial charge in [0.25, 0.3) is 0 Å². The number of ether oxygens (including phenoxy) is 3. The molecule has 0 spiro atoms. The maximum Gasteiger partial charge on any atom is 0.409 e. The Morgan fingerprint density at radius 2 is 1.67 bits per heavy atom. The predicted octanol–water partition coefficient (Wildman–Crippen LogP) is -0.135. The second kappa shape index (κ2) is 8.46. The van der Waals surface area contributed by atoms with Crippen LogP contribution >= 0.6 is 0 Å². The average molecular weight is 302 g/mol. The van der Waals surface area contributed by atoms with Crippen molar-refractivity contribution in [2.45, 2.75) is 19.4 Å². The van der Waals surface area contributed by atoms with E-state index < -0.39 is 18.0 Å². The topological polar surface area (TPSA) is 85.4 Å². The first-order chi connectivity index (χ1) is 10.0. The van der Waals surface area contributed by atoms with E-state index in [4.69, 9.17) is 9.47 Å². The number of esters is 2. The van der Waals surface area contributed by atoms with Gasteiger partial charge < -0.3 is 19.1 Å². The highest BCUT2D eigenvalue weighted by Crippen LogP contribution is 2.12. The Labute approximate surface area is 123 Å². The zero-order valence-corrected chi connectivity index (χ0v) is 12.7. The van der Waals surface area contributed by atoms with Gasteiger partial charge in [-0.3, -0.25) is 14.5 Å². The summed E-state index contributed by atoms with van der Waals surface area (Å²) in [6.45, 7) is 3.89. The molecule has 0 aromatic heterocycles. The second-order valence-electron chi connectivity index (χ2n) is 4.54. The molecule has 0 aliphatic carbocycles. The third kappa shape index (κ3) is 4.89. The molecule has 1 fully saturated rings. The molecule has 1 saturated heterocycles. The minimum absolute atomic E-state index is 0.0669. The smallest absolute Gasteiger partial charge is 0.409 e. The zero-order chi connectivity index (χ0) is 15.8. The molecule has 0 aromatic carbocycles. The summed E-state index contributed by atoms with van der Waals surface area (Å²) in [5, 5.41) is 0. The number of piperazine rings is 1. The van der Waals surface area contributed by atoms with Crippen molar-refractivity contribution < 1.29 is 28.6 Å². The van der Waals surface area contributed by atoms with Crippen LogP contribution in [0.2, 0.25) is 0 Å². The maximum absolute atomic E-state index is 11.8. The molecule has 21 heavy (non-hydrogen) atoms. The van der Waals surface area contributed by atoms with Gasteiger partial charge in [-0.05, 0) is 6.92 Å².